The first-order valence-electron chi connectivity index (χ1n) is 10.2. The summed E-state index contributed by atoms with van der Waals surface area (Å²) in [5.74, 6) is 0.206. The maximum absolute atomic E-state index is 13.0. The van der Waals surface area contributed by atoms with Crippen LogP contribution in [0, 0.1) is 5.92 Å². The van der Waals surface area contributed by atoms with Crippen LogP contribution in [0.3, 0.4) is 0 Å². The minimum atomic E-state index is -4.34. The number of carbonyl (C=O) groups excluding carboxylic acids is 2. The summed E-state index contributed by atoms with van der Waals surface area (Å²) in [6, 6.07) is 10.3. The molecule has 2 aliphatic heterocycles. The number of fused-ring (bicyclic) bond motifs is 1. The van der Waals surface area contributed by atoms with Gasteiger partial charge in [-0.3, -0.25) is 14.5 Å². The third-order valence-electron chi connectivity index (χ3n) is 6.07. The first-order chi connectivity index (χ1) is 14.7. The number of Topliss-reactive ketones (excluding diaryl/α,β-unsaturated/α-hetero) is 1. The second kappa shape index (κ2) is 8.34. The Bertz CT molecular complexity index is 981. The number of piperidine rings is 1. The summed E-state index contributed by atoms with van der Waals surface area (Å²) in [7, 11) is 0. The summed E-state index contributed by atoms with van der Waals surface area (Å²) in [5.41, 5.74) is 1.22. The maximum atomic E-state index is 13.0. The van der Waals surface area contributed by atoms with E-state index in [1.54, 1.807) is 18.2 Å². The van der Waals surface area contributed by atoms with Crippen molar-refractivity contribution in [3.63, 3.8) is 0 Å². The van der Waals surface area contributed by atoms with Crippen molar-refractivity contribution in [3.8, 4) is 5.75 Å². The average molecular weight is 432 g/mol. The lowest BCUT2D eigenvalue weighted by Crippen LogP contribution is -2.38. The van der Waals surface area contributed by atoms with Gasteiger partial charge in [-0.1, -0.05) is 12.1 Å². The molecule has 0 spiro atoms. The van der Waals surface area contributed by atoms with Gasteiger partial charge >= 0.3 is 6.18 Å². The van der Waals surface area contributed by atoms with E-state index in [1.165, 1.54) is 12.1 Å². The third kappa shape index (κ3) is 4.58. The highest BCUT2D eigenvalue weighted by atomic mass is 19.4. The van der Waals surface area contributed by atoms with Gasteiger partial charge in [0.2, 0.25) is 0 Å². The Morgan fingerprint density at radius 3 is 2.45 bits per heavy atom. The highest BCUT2D eigenvalue weighted by Gasteiger charge is 2.32. The van der Waals surface area contributed by atoms with Crippen LogP contribution in [0.2, 0.25) is 0 Å². The molecule has 1 unspecified atom stereocenters. The molecule has 2 aromatic rings. The number of hydrogen-bond acceptors (Lipinski definition) is 4. The zero-order chi connectivity index (χ0) is 22.2. The van der Waals surface area contributed by atoms with Gasteiger partial charge in [0, 0.05) is 17.5 Å². The van der Waals surface area contributed by atoms with E-state index in [1.807, 2.05) is 6.92 Å². The van der Waals surface area contributed by atoms with Gasteiger partial charge in [-0.2, -0.15) is 13.2 Å². The number of rotatable bonds is 4. The second-order valence-electron chi connectivity index (χ2n) is 8.02. The quantitative estimate of drug-likeness (QED) is 0.712. The number of ketones is 1. The van der Waals surface area contributed by atoms with E-state index in [4.69, 9.17) is 4.74 Å². The van der Waals surface area contributed by atoms with Crippen LogP contribution in [0.25, 0.3) is 0 Å². The number of benzene rings is 2. The summed E-state index contributed by atoms with van der Waals surface area (Å²) in [6.07, 6.45) is -3.00. The first kappa shape index (κ1) is 21.4. The van der Waals surface area contributed by atoms with Crippen LogP contribution in [0.1, 0.15) is 47.3 Å². The normalized spacial score (nSPS) is 18.6. The van der Waals surface area contributed by atoms with Crippen LogP contribution in [-0.2, 0) is 11.0 Å². The van der Waals surface area contributed by atoms with E-state index in [2.05, 4.69) is 10.2 Å². The third-order valence-corrected chi connectivity index (χ3v) is 6.07. The van der Waals surface area contributed by atoms with E-state index in [0.717, 1.165) is 17.7 Å². The first-order valence-corrected chi connectivity index (χ1v) is 10.2. The Kier molecular flexibility index (Phi) is 5.75. The molecule has 0 aliphatic carbocycles. The van der Waals surface area contributed by atoms with Gasteiger partial charge in [-0.15, -0.1) is 0 Å². The lowest BCUT2D eigenvalue weighted by molar-refractivity contribution is -0.137. The van der Waals surface area contributed by atoms with Gasteiger partial charge in [0.15, 0.2) is 12.4 Å². The molecule has 31 heavy (non-hydrogen) atoms. The molecule has 4 rings (SSSR count). The molecule has 1 N–H and O–H groups in total. The highest BCUT2D eigenvalue weighted by molar-refractivity contribution is 6.01. The zero-order valence-electron chi connectivity index (χ0n) is 17.0. The lowest BCUT2D eigenvalue weighted by Gasteiger charge is -2.36. The van der Waals surface area contributed by atoms with Crippen LogP contribution in [0.15, 0.2) is 42.5 Å². The van der Waals surface area contributed by atoms with Crippen molar-refractivity contribution >= 4 is 17.4 Å². The summed E-state index contributed by atoms with van der Waals surface area (Å²) in [4.78, 5) is 26.7. The zero-order valence-corrected chi connectivity index (χ0v) is 17.0. The van der Waals surface area contributed by atoms with Gasteiger partial charge in [-0.05, 0) is 68.8 Å². The van der Waals surface area contributed by atoms with Gasteiger partial charge in [0.25, 0.3) is 5.91 Å². The lowest BCUT2D eigenvalue weighted by atomic mass is 9.87. The Balaban J connectivity index is 1.37. The van der Waals surface area contributed by atoms with Gasteiger partial charge < -0.3 is 10.1 Å². The molecule has 2 aromatic carbocycles. The molecule has 1 fully saturated rings. The Labute approximate surface area is 178 Å². The molecular formula is C23H23F3N2O3. The molecule has 0 saturated carbocycles. The predicted octanol–water partition coefficient (Wildman–Crippen LogP) is 4.69. The molecule has 2 heterocycles. The Hall–Kier alpha value is -2.87. The molecule has 0 aromatic heterocycles. The molecule has 5 nitrogen and oxygen atoms in total. The number of ether oxygens (including phenoxy) is 1. The van der Waals surface area contributed by atoms with E-state index in [-0.39, 0.29) is 30.3 Å². The Morgan fingerprint density at radius 2 is 1.81 bits per heavy atom. The number of nitrogens with zero attached hydrogens (tertiary/aromatic N) is 1. The van der Waals surface area contributed by atoms with E-state index >= 15 is 0 Å². The van der Waals surface area contributed by atoms with Crippen LogP contribution in [0.4, 0.5) is 18.9 Å². The molecule has 8 heteroatoms. The van der Waals surface area contributed by atoms with Crippen molar-refractivity contribution in [2.24, 2.45) is 5.92 Å². The SMILES string of the molecule is CC(c1ccc(C(F)(F)F)cc1)N1CCC(C(=O)c2ccc3c(c2)NC(=O)CO3)CC1. The molecule has 1 atom stereocenters. The van der Waals surface area contributed by atoms with Crippen molar-refractivity contribution in [1.29, 1.82) is 0 Å². The number of likely N-dealkylation sites (tertiary alicyclic amines) is 1. The van der Waals surface area contributed by atoms with Crippen molar-refractivity contribution in [2.75, 3.05) is 25.0 Å². The monoisotopic (exact) mass is 432 g/mol. The number of alkyl halides is 3. The number of amides is 1. The molecule has 0 radical (unpaired) electrons. The van der Waals surface area contributed by atoms with Crippen LogP contribution < -0.4 is 10.1 Å². The summed E-state index contributed by atoms with van der Waals surface area (Å²) in [6.45, 7) is 3.31. The summed E-state index contributed by atoms with van der Waals surface area (Å²) < 4.78 is 43.7. The fourth-order valence-corrected chi connectivity index (χ4v) is 4.18. The van der Waals surface area contributed by atoms with Crippen molar-refractivity contribution < 1.29 is 27.5 Å². The van der Waals surface area contributed by atoms with Crippen LogP contribution in [0.5, 0.6) is 5.75 Å². The smallest absolute Gasteiger partial charge is 0.416 e. The van der Waals surface area contributed by atoms with Crippen LogP contribution in [-0.4, -0.2) is 36.3 Å². The molecule has 2 aliphatic rings. The minimum Gasteiger partial charge on any atom is -0.482 e. The van der Waals surface area contributed by atoms with Crippen molar-refractivity contribution in [1.82, 2.24) is 4.90 Å². The minimum absolute atomic E-state index is 0.0319. The number of carbonyl (C=O) groups is 2. The standard InChI is InChI=1S/C23H23F3N2O3/c1-14(15-2-5-18(6-3-15)23(24,25)26)28-10-8-16(9-11-28)22(30)17-4-7-20-19(12-17)27-21(29)13-31-20/h2-7,12,14,16H,8-11,13H2,1H3,(H,27,29). The highest BCUT2D eigenvalue weighted by Crippen LogP contribution is 2.34. The maximum Gasteiger partial charge on any atom is 0.416 e. The molecule has 1 saturated heterocycles. The van der Waals surface area contributed by atoms with Crippen molar-refractivity contribution in [2.45, 2.75) is 32.0 Å². The van der Waals surface area contributed by atoms with E-state index in [9.17, 15) is 22.8 Å². The largest absolute Gasteiger partial charge is 0.482 e. The molecular weight excluding hydrogens is 409 g/mol. The number of anilines is 1. The summed E-state index contributed by atoms with van der Waals surface area (Å²) in [5, 5.41) is 2.72. The van der Waals surface area contributed by atoms with Crippen LogP contribution >= 0.6 is 0 Å². The van der Waals surface area contributed by atoms with Gasteiger partial charge in [0.1, 0.15) is 5.75 Å². The van der Waals surface area contributed by atoms with Gasteiger partial charge in [-0.25, -0.2) is 0 Å². The molecule has 1 amide bonds. The fourth-order valence-electron chi connectivity index (χ4n) is 4.18. The number of hydrogen-bond donors (Lipinski definition) is 1. The number of halogens is 3. The van der Waals surface area contributed by atoms with E-state index < -0.39 is 11.7 Å². The van der Waals surface area contributed by atoms with E-state index in [0.29, 0.717) is 42.9 Å². The van der Waals surface area contributed by atoms with Gasteiger partial charge in [0.05, 0.1) is 11.3 Å². The molecule has 0 bridgehead atoms. The fraction of sp³-hybridized carbons (Fsp3) is 0.391. The second-order valence-corrected chi connectivity index (χ2v) is 8.02. The van der Waals surface area contributed by atoms with Crippen molar-refractivity contribution in [3.05, 3.63) is 59.2 Å². The molecule has 164 valence electrons. The topological polar surface area (TPSA) is 58.6 Å². The average Bonchev–Trinajstić information content (AvgIpc) is 2.77. The predicted molar refractivity (Wildman–Crippen MR) is 109 cm³/mol. The number of nitrogens with one attached hydrogen (secondary N) is 1. The Morgan fingerprint density at radius 1 is 1.13 bits per heavy atom. The summed E-state index contributed by atoms with van der Waals surface area (Å²) >= 11 is 0.